The molecule has 0 aromatic rings. The highest BCUT2D eigenvalue weighted by molar-refractivity contribution is 4.52. The summed E-state index contributed by atoms with van der Waals surface area (Å²) in [6.07, 6.45) is 22.8. The van der Waals surface area contributed by atoms with E-state index in [1.807, 2.05) is 0 Å². The summed E-state index contributed by atoms with van der Waals surface area (Å²) in [6, 6.07) is 0. The molecule has 0 atom stereocenters. The lowest BCUT2D eigenvalue weighted by molar-refractivity contribution is 0.292. The smallest absolute Gasteiger partial charge is 0.0555 e. The first-order valence-corrected chi connectivity index (χ1v) is 11.1. The largest absolute Gasteiger partial charge is 0.395 e. The second-order valence-corrected chi connectivity index (χ2v) is 7.96. The first-order chi connectivity index (χ1) is 11.8. The Morgan fingerprint density at radius 1 is 0.542 bits per heavy atom. The van der Waals surface area contributed by atoms with Crippen LogP contribution in [-0.4, -0.2) is 24.8 Å². The van der Waals surface area contributed by atoms with Crippen molar-refractivity contribution in [3.05, 3.63) is 0 Å². The maximum Gasteiger partial charge on any atom is 0.0555 e. The highest BCUT2D eigenvalue weighted by atomic mass is 16.3. The maximum absolute atomic E-state index is 8.66. The Hall–Kier alpha value is -0.0800. The molecule has 0 rings (SSSR count). The third-order valence-electron chi connectivity index (χ3n) is 4.92. The highest BCUT2D eigenvalue weighted by Crippen LogP contribution is 2.14. The average Bonchev–Trinajstić information content (AvgIpc) is 2.56. The normalized spacial score (nSPS) is 11.5. The average molecular weight is 342 g/mol. The van der Waals surface area contributed by atoms with E-state index in [9.17, 15) is 0 Å². The molecule has 0 radical (unpaired) electrons. The zero-order chi connectivity index (χ0) is 17.7. The van der Waals surface area contributed by atoms with Gasteiger partial charge in [0, 0.05) is 6.54 Å². The molecule has 0 saturated carbocycles. The van der Waals surface area contributed by atoms with Crippen LogP contribution in [0.3, 0.4) is 0 Å². The van der Waals surface area contributed by atoms with Gasteiger partial charge >= 0.3 is 0 Å². The first-order valence-electron chi connectivity index (χ1n) is 11.1. The number of aliphatic hydroxyl groups is 1. The third-order valence-corrected chi connectivity index (χ3v) is 4.92. The summed E-state index contributed by atoms with van der Waals surface area (Å²) in [4.78, 5) is 0. The second-order valence-electron chi connectivity index (χ2n) is 7.96. The van der Waals surface area contributed by atoms with E-state index in [4.69, 9.17) is 5.11 Å². The minimum Gasteiger partial charge on any atom is -0.395 e. The van der Waals surface area contributed by atoms with Crippen LogP contribution in [-0.2, 0) is 0 Å². The Labute approximate surface area is 153 Å². The van der Waals surface area contributed by atoms with Crippen LogP contribution < -0.4 is 5.32 Å². The van der Waals surface area contributed by atoms with E-state index in [1.54, 1.807) is 0 Å². The van der Waals surface area contributed by atoms with Gasteiger partial charge in [-0.1, -0.05) is 110 Å². The van der Waals surface area contributed by atoms with Gasteiger partial charge < -0.3 is 10.4 Å². The SMILES string of the molecule is CC(C)CCCCCCCCCCCCCCCCCNCCO. The Bertz CT molecular complexity index is 218. The fraction of sp³-hybridized carbons (Fsp3) is 1.00. The summed E-state index contributed by atoms with van der Waals surface area (Å²) in [5, 5.41) is 11.9. The van der Waals surface area contributed by atoms with Crippen LogP contribution in [0.15, 0.2) is 0 Å². The Morgan fingerprint density at radius 3 is 1.29 bits per heavy atom. The van der Waals surface area contributed by atoms with Crippen molar-refractivity contribution in [1.29, 1.82) is 0 Å². The number of hydrogen-bond acceptors (Lipinski definition) is 2. The molecule has 0 amide bonds. The third kappa shape index (κ3) is 21.9. The Morgan fingerprint density at radius 2 is 0.917 bits per heavy atom. The van der Waals surface area contributed by atoms with Crippen molar-refractivity contribution in [3.63, 3.8) is 0 Å². The fourth-order valence-electron chi connectivity index (χ4n) is 3.30. The predicted octanol–water partition coefficient (Wildman–Crippen LogP) is 6.47. The Balaban J connectivity index is 2.95. The lowest BCUT2D eigenvalue weighted by Gasteiger charge is -2.05. The minimum absolute atomic E-state index is 0.262. The van der Waals surface area contributed by atoms with Gasteiger partial charge in [0.25, 0.3) is 0 Å². The Kier molecular flexibility index (Phi) is 20.9. The van der Waals surface area contributed by atoms with E-state index in [-0.39, 0.29) is 6.61 Å². The van der Waals surface area contributed by atoms with Crippen LogP contribution in [0.5, 0.6) is 0 Å². The second kappa shape index (κ2) is 21.0. The fourth-order valence-corrected chi connectivity index (χ4v) is 3.30. The summed E-state index contributed by atoms with van der Waals surface area (Å²) < 4.78 is 0. The standard InChI is InChI=1S/C22H47NO/c1-22(2)18-16-14-12-10-8-6-4-3-5-7-9-11-13-15-17-19-23-20-21-24/h22-24H,3-21H2,1-2H3. The van der Waals surface area contributed by atoms with Gasteiger partial charge in [0.15, 0.2) is 0 Å². The van der Waals surface area contributed by atoms with Crippen LogP contribution in [0.4, 0.5) is 0 Å². The van der Waals surface area contributed by atoms with Crippen molar-refractivity contribution in [3.8, 4) is 0 Å². The van der Waals surface area contributed by atoms with Crippen LogP contribution in [0, 0.1) is 5.92 Å². The molecule has 0 heterocycles. The molecule has 2 nitrogen and oxygen atoms in total. The topological polar surface area (TPSA) is 32.3 Å². The van der Waals surface area contributed by atoms with Gasteiger partial charge in [-0.2, -0.15) is 0 Å². The van der Waals surface area contributed by atoms with Crippen LogP contribution >= 0.6 is 0 Å². The molecular formula is C22H47NO. The van der Waals surface area contributed by atoms with Gasteiger partial charge in [-0.05, 0) is 18.9 Å². The highest BCUT2D eigenvalue weighted by Gasteiger charge is 1.96. The minimum atomic E-state index is 0.262. The van der Waals surface area contributed by atoms with Gasteiger partial charge in [0.05, 0.1) is 6.61 Å². The number of hydrogen-bond donors (Lipinski definition) is 2. The van der Waals surface area contributed by atoms with Crippen molar-refractivity contribution in [2.45, 2.75) is 117 Å². The summed E-state index contributed by atoms with van der Waals surface area (Å²) >= 11 is 0. The van der Waals surface area contributed by atoms with Crippen molar-refractivity contribution < 1.29 is 5.11 Å². The van der Waals surface area contributed by atoms with Gasteiger partial charge in [0.2, 0.25) is 0 Å². The molecule has 0 aliphatic carbocycles. The summed E-state index contributed by atoms with van der Waals surface area (Å²) in [5.41, 5.74) is 0. The maximum atomic E-state index is 8.66. The van der Waals surface area contributed by atoms with E-state index in [0.717, 1.165) is 19.0 Å². The quantitative estimate of drug-likeness (QED) is 0.249. The molecule has 0 spiro atoms. The summed E-state index contributed by atoms with van der Waals surface area (Å²) in [6.45, 7) is 6.74. The van der Waals surface area contributed by atoms with Crippen molar-refractivity contribution >= 4 is 0 Å². The predicted molar refractivity (Wildman–Crippen MR) is 109 cm³/mol. The number of unbranched alkanes of at least 4 members (excludes halogenated alkanes) is 14. The molecule has 0 aliphatic heterocycles. The molecule has 24 heavy (non-hydrogen) atoms. The van der Waals surface area contributed by atoms with Crippen molar-refractivity contribution in [2.75, 3.05) is 19.7 Å². The molecule has 0 aromatic heterocycles. The number of nitrogens with one attached hydrogen (secondary N) is 1. The summed E-state index contributed by atoms with van der Waals surface area (Å²) in [5.74, 6) is 0.888. The van der Waals surface area contributed by atoms with Crippen molar-refractivity contribution in [2.24, 2.45) is 5.92 Å². The van der Waals surface area contributed by atoms with E-state index in [0.29, 0.717) is 0 Å². The van der Waals surface area contributed by atoms with Crippen LogP contribution in [0.1, 0.15) is 117 Å². The van der Waals surface area contributed by atoms with Gasteiger partial charge in [-0.3, -0.25) is 0 Å². The van der Waals surface area contributed by atoms with Gasteiger partial charge in [-0.25, -0.2) is 0 Å². The van der Waals surface area contributed by atoms with Crippen molar-refractivity contribution in [1.82, 2.24) is 5.32 Å². The molecule has 0 fully saturated rings. The molecular weight excluding hydrogens is 294 g/mol. The molecule has 0 saturated heterocycles. The molecule has 2 N–H and O–H groups in total. The number of aliphatic hydroxyl groups excluding tert-OH is 1. The number of rotatable bonds is 20. The van der Waals surface area contributed by atoms with Gasteiger partial charge in [-0.15, -0.1) is 0 Å². The van der Waals surface area contributed by atoms with Crippen LogP contribution in [0.25, 0.3) is 0 Å². The molecule has 0 aliphatic rings. The van der Waals surface area contributed by atoms with E-state index >= 15 is 0 Å². The van der Waals surface area contributed by atoms with Crippen LogP contribution in [0.2, 0.25) is 0 Å². The lowest BCUT2D eigenvalue weighted by atomic mass is 10.0. The molecule has 0 unspecified atom stereocenters. The summed E-state index contributed by atoms with van der Waals surface area (Å²) in [7, 11) is 0. The molecule has 0 aromatic carbocycles. The monoisotopic (exact) mass is 341 g/mol. The van der Waals surface area contributed by atoms with Gasteiger partial charge in [0.1, 0.15) is 0 Å². The van der Waals surface area contributed by atoms with E-state index in [2.05, 4.69) is 19.2 Å². The molecule has 0 bridgehead atoms. The van der Waals surface area contributed by atoms with E-state index in [1.165, 1.54) is 103 Å². The molecule has 2 heteroatoms. The zero-order valence-corrected chi connectivity index (χ0v) is 17.0. The zero-order valence-electron chi connectivity index (χ0n) is 17.0. The lowest BCUT2D eigenvalue weighted by Crippen LogP contribution is -2.19. The molecule has 146 valence electrons. The first kappa shape index (κ1) is 23.9. The van der Waals surface area contributed by atoms with E-state index < -0.39 is 0 Å².